The maximum atomic E-state index is 11.5. The summed E-state index contributed by atoms with van der Waals surface area (Å²) < 4.78 is 5.84. The number of carbonyl (C=O) groups is 1. The molecule has 2 rings (SSSR count). The van der Waals surface area contributed by atoms with Crippen molar-refractivity contribution in [2.24, 2.45) is 0 Å². The molecule has 114 valence electrons. The first kappa shape index (κ1) is 15.6. The van der Waals surface area contributed by atoms with Crippen molar-refractivity contribution in [3.8, 4) is 0 Å². The van der Waals surface area contributed by atoms with Crippen LogP contribution in [0.15, 0.2) is 60.9 Å². The number of carbonyl (C=O) groups excluding carboxylic acids is 1. The number of hydrogen-bond acceptors (Lipinski definition) is 3. The van der Waals surface area contributed by atoms with Crippen molar-refractivity contribution in [2.75, 3.05) is 6.54 Å². The third-order valence-electron chi connectivity index (χ3n) is 2.90. The van der Waals surface area contributed by atoms with Gasteiger partial charge in [-0.1, -0.05) is 42.5 Å². The van der Waals surface area contributed by atoms with Crippen molar-refractivity contribution < 1.29 is 14.3 Å². The first-order valence-electron chi connectivity index (χ1n) is 7.04. The molecule has 0 fully saturated rings. The molecular formula is C17H18N2O3. The number of amides is 1. The van der Waals surface area contributed by atoms with Gasteiger partial charge in [0.15, 0.2) is 12.4 Å². The molecule has 0 aliphatic carbocycles. The van der Waals surface area contributed by atoms with Crippen LogP contribution in [0.5, 0.6) is 0 Å². The summed E-state index contributed by atoms with van der Waals surface area (Å²) in [5.74, 6) is 0. The van der Waals surface area contributed by atoms with Crippen LogP contribution in [-0.4, -0.2) is 12.6 Å². The van der Waals surface area contributed by atoms with Gasteiger partial charge in [-0.05, 0) is 18.1 Å². The van der Waals surface area contributed by atoms with E-state index in [4.69, 9.17) is 4.74 Å². The molecule has 0 bridgehead atoms. The van der Waals surface area contributed by atoms with Gasteiger partial charge in [0.2, 0.25) is 0 Å². The average molecular weight is 298 g/mol. The lowest BCUT2D eigenvalue weighted by Crippen LogP contribution is -2.25. The van der Waals surface area contributed by atoms with Crippen LogP contribution in [0, 0.1) is 5.21 Å². The standard InChI is InChI=1S/C17H18N2O3/c20-17(22-14-16-8-2-1-3-9-16)18-11-5-4-7-15-10-6-12-19(21)13-15/h1-4,6-10,12-13H,5,11,14H2,(H,18,20). The highest BCUT2D eigenvalue weighted by Gasteiger charge is 2.00. The fourth-order valence-electron chi connectivity index (χ4n) is 1.82. The smallest absolute Gasteiger partial charge is 0.407 e. The second-order valence-electron chi connectivity index (χ2n) is 4.68. The summed E-state index contributed by atoms with van der Waals surface area (Å²) in [5.41, 5.74) is 1.77. The van der Waals surface area contributed by atoms with Crippen molar-refractivity contribution >= 4 is 12.2 Å². The fourth-order valence-corrected chi connectivity index (χ4v) is 1.82. The summed E-state index contributed by atoms with van der Waals surface area (Å²) >= 11 is 0. The minimum absolute atomic E-state index is 0.260. The lowest BCUT2D eigenvalue weighted by Gasteiger charge is -2.05. The number of alkyl carbamates (subject to hydrolysis) is 1. The van der Waals surface area contributed by atoms with E-state index in [9.17, 15) is 10.0 Å². The Balaban J connectivity index is 1.63. The van der Waals surface area contributed by atoms with E-state index in [1.165, 1.54) is 12.4 Å². The Kier molecular flexibility index (Phi) is 5.99. The van der Waals surface area contributed by atoms with Gasteiger partial charge >= 0.3 is 6.09 Å². The average Bonchev–Trinajstić information content (AvgIpc) is 2.54. The van der Waals surface area contributed by atoms with Crippen LogP contribution in [0.1, 0.15) is 17.5 Å². The molecule has 1 heterocycles. The van der Waals surface area contributed by atoms with E-state index < -0.39 is 6.09 Å². The van der Waals surface area contributed by atoms with Crippen molar-refractivity contribution in [1.82, 2.24) is 5.32 Å². The van der Waals surface area contributed by atoms with Crippen LogP contribution in [0.2, 0.25) is 0 Å². The minimum atomic E-state index is -0.436. The number of benzene rings is 1. The molecule has 1 amide bonds. The molecule has 0 saturated heterocycles. The molecule has 0 atom stereocenters. The Morgan fingerprint density at radius 3 is 2.82 bits per heavy atom. The molecule has 1 N–H and O–H groups in total. The Bertz CT molecular complexity index is 627. The molecule has 5 nitrogen and oxygen atoms in total. The van der Waals surface area contributed by atoms with Crippen LogP contribution in [0.4, 0.5) is 4.79 Å². The lowest BCUT2D eigenvalue weighted by atomic mass is 10.2. The maximum absolute atomic E-state index is 11.5. The second-order valence-corrected chi connectivity index (χ2v) is 4.68. The minimum Gasteiger partial charge on any atom is -0.619 e. The van der Waals surface area contributed by atoms with Gasteiger partial charge in [-0.25, -0.2) is 4.79 Å². The maximum Gasteiger partial charge on any atom is 0.407 e. The van der Waals surface area contributed by atoms with Crippen molar-refractivity contribution in [3.05, 3.63) is 77.3 Å². The van der Waals surface area contributed by atoms with Crippen LogP contribution in [0.25, 0.3) is 6.08 Å². The highest BCUT2D eigenvalue weighted by atomic mass is 16.5. The third-order valence-corrected chi connectivity index (χ3v) is 2.90. The summed E-state index contributed by atoms with van der Waals surface area (Å²) in [5, 5.41) is 13.7. The Labute approximate surface area is 129 Å². The van der Waals surface area contributed by atoms with Gasteiger partial charge in [0.05, 0.1) is 0 Å². The van der Waals surface area contributed by atoms with Crippen LogP contribution < -0.4 is 10.0 Å². The third kappa shape index (κ3) is 5.66. The van der Waals surface area contributed by atoms with E-state index in [0.717, 1.165) is 15.9 Å². The highest BCUT2D eigenvalue weighted by Crippen LogP contribution is 2.01. The predicted octanol–water partition coefficient (Wildman–Crippen LogP) is 2.65. The molecule has 0 unspecified atom stereocenters. The summed E-state index contributed by atoms with van der Waals surface area (Å²) in [6.07, 6.45) is 6.88. The second kappa shape index (κ2) is 8.46. The van der Waals surface area contributed by atoms with E-state index in [1.54, 1.807) is 6.07 Å². The van der Waals surface area contributed by atoms with E-state index in [-0.39, 0.29) is 6.61 Å². The van der Waals surface area contributed by atoms with E-state index in [2.05, 4.69) is 5.32 Å². The molecule has 22 heavy (non-hydrogen) atoms. The van der Waals surface area contributed by atoms with Crippen molar-refractivity contribution in [3.63, 3.8) is 0 Å². The summed E-state index contributed by atoms with van der Waals surface area (Å²) in [6, 6.07) is 13.0. The van der Waals surface area contributed by atoms with Gasteiger partial charge in [-0.3, -0.25) is 0 Å². The largest absolute Gasteiger partial charge is 0.619 e. The lowest BCUT2D eigenvalue weighted by molar-refractivity contribution is -0.605. The first-order chi connectivity index (χ1) is 10.7. The molecular weight excluding hydrogens is 280 g/mol. The summed E-state index contributed by atoms with van der Waals surface area (Å²) in [6.45, 7) is 0.740. The fraction of sp³-hybridized carbons (Fsp3) is 0.176. The van der Waals surface area contributed by atoms with Gasteiger partial charge in [-0.15, -0.1) is 0 Å². The molecule has 0 aliphatic rings. The highest BCUT2D eigenvalue weighted by molar-refractivity contribution is 5.67. The predicted molar refractivity (Wildman–Crippen MR) is 83.7 cm³/mol. The number of nitrogens with zero attached hydrogens (tertiary/aromatic N) is 1. The molecule has 5 heteroatoms. The molecule has 0 radical (unpaired) electrons. The van der Waals surface area contributed by atoms with E-state index in [1.807, 2.05) is 48.6 Å². The Morgan fingerprint density at radius 1 is 1.23 bits per heavy atom. The van der Waals surface area contributed by atoms with Crippen LogP contribution >= 0.6 is 0 Å². The molecule has 1 aromatic carbocycles. The van der Waals surface area contributed by atoms with Gasteiger partial charge in [0.1, 0.15) is 6.61 Å². The van der Waals surface area contributed by atoms with Crippen LogP contribution in [0.3, 0.4) is 0 Å². The van der Waals surface area contributed by atoms with E-state index in [0.29, 0.717) is 13.0 Å². The number of hydrogen-bond donors (Lipinski definition) is 1. The molecule has 0 aliphatic heterocycles. The first-order valence-corrected chi connectivity index (χ1v) is 7.04. The summed E-state index contributed by atoms with van der Waals surface area (Å²) in [4.78, 5) is 11.5. The van der Waals surface area contributed by atoms with E-state index >= 15 is 0 Å². The number of ether oxygens (including phenoxy) is 1. The number of nitrogens with one attached hydrogen (secondary N) is 1. The van der Waals surface area contributed by atoms with Gasteiger partial charge < -0.3 is 15.3 Å². The van der Waals surface area contributed by atoms with Crippen LogP contribution in [-0.2, 0) is 11.3 Å². The monoisotopic (exact) mass is 298 g/mol. The van der Waals surface area contributed by atoms with Gasteiger partial charge in [-0.2, -0.15) is 4.73 Å². The van der Waals surface area contributed by atoms with Gasteiger partial charge in [0.25, 0.3) is 0 Å². The Morgan fingerprint density at radius 2 is 2.05 bits per heavy atom. The zero-order valence-corrected chi connectivity index (χ0v) is 12.1. The number of aromatic nitrogens is 1. The number of rotatable bonds is 6. The molecule has 0 spiro atoms. The Hall–Kier alpha value is -2.82. The number of pyridine rings is 1. The zero-order chi connectivity index (χ0) is 15.6. The molecule has 0 saturated carbocycles. The summed E-state index contributed by atoms with van der Waals surface area (Å²) in [7, 11) is 0. The quantitative estimate of drug-likeness (QED) is 0.506. The normalized spacial score (nSPS) is 10.5. The molecule has 1 aromatic heterocycles. The van der Waals surface area contributed by atoms with Gasteiger partial charge in [0, 0.05) is 18.2 Å². The zero-order valence-electron chi connectivity index (χ0n) is 12.1. The van der Waals surface area contributed by atoms with Crippen molar-refractivity contribution in [2.45, 2.75) is 13.0 Å². The van der Waals surface area contributed by atoms with Crippen molar-refractivity contribution in [1.29, 1.82) is 0 Å². The topological polar surface area (TPSA) is 65.3 Å². The molecule has 2 aromatic rings. The SMILES string of the molecule is O=C(NCCC=Cc1ccc[n+]([O-])c1)OCc1ccccc1.